The first-order valence-electron chi connectivity index (χ1n) is 7.16. The van der Waals surface area contributed by atoms with Crippen molar-refractivity contribution in [2.45, 2.75) is 45.8 Å². The third-order valence-corrected chi connectivity index (χ3v) is 3.80. The van der Waals surface area contributed by atoms with Gasteiger partial charge in [0.2, 0.25) is 0 Å². The minimum absolute atomic E-state index is 0.410. The van der Waals surface area contributed by atoms with Crippen molar-refractivity contribution >= 4 is 0 Å². The lowest BCUT2D eigenvalue weighted by Gasteiger charge is -2.31. The van der Waals surface area contributed by atoms with Gasteiger partial charge in [-0.25, -0.2) is 0 Å². The Morgan fingerprint density at radius 3 is 2.68 bits per heavy atom. The number of aromatic nitrogens is 1. The monoisotopic (exact) mass is 267 g/mol. The average molecular weight is 267 g/mol. The predicted octanol–water partition coefficient (Wildman–Crippen LogP) is 1.62. The van der Waals surface area contributed by atoms with Crippen molar-refractivity contribution in [3.63, 3.8) is 0 Å². The van der Waals surface area contributed by atoms with E-state index in [-0.39, 0.29) is 0 Å². The topological polar surface area (TPSA) is 64.5 Å². The molecule has 0 saturated carbocycles. The minimum atomic E-state index is 0.410. The predicted molar refractivity (Wildman–Crippen MR) is 73.9 cm³/mol. The zero-order valence-corrected chi connectivity index (χ0v) is 12.0. The number of hydrogen-bond donors (Lipinski definition) is 1. The Labute approximate surface area is 115 Å². The maximum absolute atomic E-state index is 5.82. The van der Waals surface area contributed by atoms with Crippen LogP contribution in [0.1, 0.15) is 36.3 Å². The smallest absolute Gasteiger partial charge is 0.138 e. The number of rotatable bonds is 6. The summed E-state index contributed by atoms with van der Waals surface area (Å²) in [7, 11) is 0. The lowest BCUT2D eigenvalue weighted by atomic mass is 10.1. The van der Waals surface area contributed by atoms with Crippen molar-refractivity contribution in [2.75, 3.05) is 26.2 Å². The van der Waals surface area contributed by atoms with Gasteiger partial charge in [0.25, 0.3) is 0 Å². The SMILES string of the molecule is Cc1noc(C)c1CN1CCC(OCCCN)CC1. The number of nitrogens with zero attached hydrogens (tertiary/aromatic N) is 2. The van der Waals surface area contributed by atoms with Crippen LogP contribution in [0.5, 0.6) is 0 Å². The van der Waals surface area contributed by atoms with E-state index in [4.69, 9.17) is 15.0 Å². The lowest BCUT2D eigenvalue weighted by Crippen LogP contribution is -2.37. The Morgan fingerprint density at radius 2 is 2.11 bits per heavy atom. The zero-order chi connectivity index (χ0) is 13.7. The van der Waals surface area contributed by atoms with E-state index in [0.29, 0.717) is 12.6 Å². The van der Waals surface area contributed by atoms with Crippen molar-refractivity contribution in [1.82, 2.24) is 10.1 Å². The molecule has 0 radical (unpaired) electrons. The summed E-state index contributed by atoms with van der Waals surface area (Å²) in [4.78, 5) is 2.45. The van der Waals surface area contributed by atoms with Crippen LogP contribution in [-0.4, -0.2) is 42.4 Å². The second-order valence-corrected chi connectivity index (χ2v) is 5.29. The van der Waals surface area contributed by atoms with Crippen LogP contribution in [0.4, 0.5) is 0 Å². The van der Waals surface area contributed by atoms with E-state index in [2.05, 4.69) is 10.1 Å². The summed E-state index contributed by atoms with van der Waals surface area (Å²) in [6.07, 6.45) is 3.58. The number of likely N-dealkylation sites (tertiary alicyclic amines) is 1. The highest BCUT2D eigenvalue weighted by atomic mass is 16.5. The van der Waals surface area contributed by atoms with E-state index in [0.717, 1.165) is 57.0 Å². The summed E-state index contributed by atoms with van der Waals surface area (Å²) in [6.45, 7) is 8.61. The van der Waals surface area contributed by atoms with Crippen LogP contribution in [0, 0.1) is 13.8 Å². The summed E-state index contributed by atoms with van der Waals surface area (Å²) in [5.41, 5.74) is 7.72. The second kappa shape index (κ2) is 7.03. The van der Waals surface area contributed by atoms with Gasteiger partial charge in [0.1, 0.15) is 5.76 Å². The Hall–Kier alpha value is -0.910. The fourth-order valence-corrected chi connectivity index (χ4v) is 2.52. The summed E-state index contributed by atoms with van der Waals surface area (Å²) in [5, 5.41) is 4.01. The highest BCUT2D eigenvalue weighted by molar-refractivity contribution is 5.20. The van der Waals surface area contributed by atoms with Gasteiger partial charge in [-0.2, -0.15) is 0 Å². The summed E-state index contributed by atoms with van der Waals surface area (Å²) in [5.74, 6) is 0.943. The number of nitrogens with two attached hydrogens (primary N) is 1. The molecule has 0 aromatic carbocycles. The Balaban J connectivity index is 1.74. The Kier molecular flexibility index (Phi) is 5.36. The maximum Gasteiger partial charge on any atom is 0.138 e. The number of piperidine rings is 1. The molecule has 1 saturated heterocycles. The van der Waals surface area contributed by atoms with Crippen LogP contribution in [0.15, 0.2) is 4.52 Å². The summed E-state index contributed by atoms with van der Waals surface area (Å²) in [6, 6.07) is 0. The van der Waals surface area contributed by atoms with Crippen molar-refractivity contribution < 1.29 is 9.26 Å². The van der Waals surface area contributed by atoms with E-state index in [1.165, 1.54) is 5.56 Å². The Bertz CT molecular complexity index is 365. The molecular weight excluding hydrogens is 242 g/mol. The molecule has 2 heterocycles. The van der Waals surface area contributed by atoms with Gasteiger partial charge in [-0.3, -0.25) is 4.90 Å². The number of ether oxygens (including phenoxy) is 1. The molecule has 5 nitrogen and oxygen atoms in total. The molecule has 1 fully saturated rings. The molecule has 0 amide bonds. The highest BCUT2D eigenvalue weighted by Gasteiger charge is 2.21. The molecule has 0 bridgehead atoms. The molecule has 2 N–H and O–H groups in total. The van der Waals surface area contributed by atoms with Gasteiger partial charge in [0.05, 0.1) is 11.8 Å². The second-order valence-electron chi connectivity index (χ2n) is 5.29. The fraction of sp³-hybridized carbons (Fsp3) is 0.786. The first kappa shape index (κ1) is 14.5. The standard InChI is InChI=1S/C14H25N3O2/c1-11-14(12(2)19-16-11)10-17-7-4-13(5-8-17)18-9-3-6-15/h13H,3-10,15H2,1-2H3. The van der Waals surface area contributed by atoms with Crippen LogP contribution < -0.4 is 5.73 Å². The number of hydrogen-bond acceptors (Lipinski definition) is 5. The van der Waals surface area contributed by atoms with Crippen molar-refractivity contribution in [3.05, 3.63) is 17.0 Å². The van der Waals surface area contributed by atoms with Crippen LogP contribution in [0.25, 0.3) is 0 Å². The molecule has 0 unspecified atom stereocenters. The largest absolute Gasteiger partial charge is 0.378 e. The average Bonchev–Trinajstić information content (AvgIpc) is 2.73. The normalized spacial score (nSPS) is 18.1. The fourth-order valence-electron chi connectivity index (χ4n) is 2.52. The van der Waals surface area contributed by atoms with Gasteiger partial charge < -0.3 is 15.0 Å². The van der Waals surface area contributed by atoms with E-state index < -0.39 is 0 Å². The van der Waals surface area contributed by atoms with Crippen LogP contribution >= 0.6 is 0 Å². The van der Waals surface area contributed by atoms with E-state index in [1.54, 1.807) is 0 Å². The quantitative estimate of drug-likeness (QED) is 0.793. The van der Waals surface area contributed by atoms with E-state index in [1.807, 2.05) is 13.8 Å². The van der Waals surface area contributed by atoms with Crippen LogP contribution in [0.3, 0.4) is 0 Å². The summed E-state index contributed by atoms with van der Waals surface area (Å²) >= 11 is 0. The lowest BCUT2D eigenvalue weighted by molar-refractivity contribution is 0.00554. The van der Waals surface area contributed by atoms with Gasteiger partial charge in [0, 0.05) is 31.8 Å². The van der Waals surface area contributed by atoms with Gasteiger partial charge >= 0.3 is 0 Å². The first-order chi connectivity index (χ1) is 9.20. The minimum Gasteiger partial charge on any atom is -0.378 e. The molecule has 0 atom stereocenters. The van der Waals surface area contributed by atoms with Crippen LogP contribution in [0.2, 0.25) is 0 Å². The molecule has 5 heteroatoms. The maximum atomic E-state index is 5.82. The van der Waals surface area contributed by atoms with Crippen molar-refractivity contribution in [2.24, 2.45) is 5.73 Å². The third kappa shape index (κ3) is 4.03. The molecule has 19 heavy (non-hydrogen) atoms. The molecule has 1 aromatic heterocycles. The van der Waals surface area contributed by atoms with Crippen LogP contribution in [-0.2, 0) is 11.3 Å². The van der Waals surface area contributed by atoms with Gasteiger partial charge in [-0.05, 0) is 39.7 Å². The Morgan fingerprint density at radius 1 is 1.37 bits per heavy atom. The van der Waals surface area contributed by atoms with Crippen molar-refractivity contribution in [1.29, 1.82) is 0 Å². The molecule has 1 aliphatic rings. The molecule has 1 aliphatic heterocycles. The van der Waals surface area contributed by atoms with Gasteiger partial charge in [-0.1, -0.05) is 5.16 Å². The molecule has 0 aliphatic carbocycles. The first-order valence-corrected chi connectivity index (χ1v) is 7.16. The van der Waals surface area contributed by atoms with Gasteiger partial charge in [0.15, 0.2) is 0 Å². The van der Waals surface area contributed by atoms with Gasteiger partial charge in [-0.15, -0.1) is 0 Å². The number of aryl methyl sites for hydroxylation is 2. The highest BCUT2D eigenvalue weighted by Crippen LogP contribution is 2.19. The molecule has 0 spiro atoms. The van der Waals surface area contributed by atoms with Crippen molar-refractivity contribution in [3.8, 4) is 0 Å². The molecule has 1 aromatic rings. The molecular formula is C14H25N3O2. The molecule has 108 valence electrons. The summed E-state index contributed by atoms with van der Waals surface area (Å²) < 4.78 is 11.0. The van der Waals surface area contributed by atoms with E-state index >= 15 is 0 Å². The molecule has 2 rings (SSSR count). The zero-order valence-electron chi connectivity index (χ0n) is 12.0. The van der Waals surface area contributed by atoms with E-state index in [9.17, 15) is 0 Å². The third-order valence-electron chi connectivity index (χ3n) is 3.80.